The van der Waals surface area contributed by atoms with Crippen LogP contribution in [0.3, 0.4) is 0 Å². The van der Waals surface area contributed by atoms with Crippen LogP contribution in [0.4, 0.5) is 13.2 Å². The van der Waals surface area contributed by atoms with E-state index in [9.17, 15) is 13.2 Å². The van der Waals surface area contributed by atoms with Crippen LogP contribution in [0.25, 0.3) is 11.3 Å². The fraction of sp³-hybridized carbons (Fsp3) is 0.500. The predicted molar refractivity (Wildman–Crippen MR) is 82.3 cm³/mol. The molecule has 2 aromatic heterocycles. The van der Waals surface area contributed by atoms with Crippen molar-refractivity contribution in [3.8, 4) is 11.3 Å². The van der Waals surface area contributed by atoms with E-state index >= 15 is 0 Å². The standard InChI is InChI=1S/C16H19F3N4O/c1-15(2,20)9-23-13(5-14(22-23)16(17,18)19)10-3-4-12(21-6-10)11-7-24-8-11/h3-6,11H,7-9,20H2,1-2H3. The molecule has 0 spiro atoms. The van der Waals surface area contributed by atoms with Crippen LogP contribution in [0.5, 0.6) is 0 Å². The number of aromatic nitrogens is 3. The average Bonchev–Trinajstić information content (AvgIpc) is 2.79. The van der Waals surface area contributed by atoms with Crippen LogP contribution in [0.15, 0.2) is 24.4 Å². The lowest BCUT2D eigenvalue weighted by Crippen LogP contribution is -2.37. The average molecular weight is 340 g/mol. The molecule has 5 nitrogen and oxygen atoms in total. The SMILES string of the molecule is CC(C)(N)Cn1nc(C(F)(F)F)cc1-c1ccc(C2COC2)nc1. The molecule has 1 aliphatic heterocycles. The van der Waals surface area contributed by atoms with Crippen molar-refractivity contribution in [2.75, 3.05) is 13.2 Å². The number of pyridine rings is 1. The Morgan fingerprint density at radius 2 is 2.00 bits per heavy atom. The zero-order chi connectivity index (χ0) is 17.5. The number of ether oxygens (including phenoxy) is 1. The molecule has 3 heterocycles. The first-order valence-electron chi connectivity index (χ1n) is 7.61. The van der Waals surface area contributed by atoms with Gasteiger partial charge in [-0.3, -0.25) is 9.67 Å². The minimum atomic E-state index is -4.50. The summed E-state index contributed by atoms with van der Waals surface area (Å²) in [6, 6.07) is 4.62. The summed E-state index contributed by atoms with van der Waals surface area (Å²) in [5, 5.41) is 3.69. The Balaban J connectivity index is 1.96. The van der Waals surface area contributed by atoms with Crippen molar-refractivity contribution in [3.63, 3.8) is 0 Å². The third-order valence-corrected chi connectivity index (χ3v) is 3.77. The van der Waals surface area contributed by atoms with Gasteiger partial charge in [-0.05, 0) is 32.0 Å². The van der Waals surface area contributed by atoms with Gasteiger partial charge in [0.2, 0.25) is 0 Å². The van der Waals surface area contributed by atoms with E-state index in [1.807, 2.05) is 6.07 Å². The number of nitrogens with zero attached hydrogens (tertiary/aromatic N) is 3. The van der Waals surface area contributed by atoms with Crippen LogP contribution in [0.2, 0.25) is 0 Å². The molecule has 130 valence electrons. The van der Waals surface area contributed by atoms with E-state index in [1.165, 1.54) is 4.68 Å². The van der Waals surface area contributed by atoms with E-state index in [2.05, 4.69) is 10.1 Å². The third kappa shape index (κ3) is 3.59. The van der Waals surface area contributed by atoms with Gasteiger partial charge in [0, 0.05) is 28.9 Å². The van der Waals surface area contributed by atoms with Crippen LogP contribution >= 0.6 is 0 Å². The van der Waals surface area contributed by atoms with Crippen LogP contribution in [-0.4, -0.2) is 33.5 Å². The molecule has 2 N–H and O–H groups in total. The lowest BCUT2D eigenvalue weighted by molar-refractivity contribution is -0.141. The van der Waals surface area contributed by atoms with E-state index in [0.29, 0.717) is 24.5 Å². The molecule has 0 radical (unpaired) electrons. The van der Waals surface area contributed by atoms with Crippen LogP contribution in [0.1, 0.15) is 31.2 Å². The number of hydrogen-bond acceptors (Lipinski definition) is 4. The fourth-order valence-corrected chi connectivity index (χ4v) is 2.50. The topological polar surface area (TPSA) is 66.0 Å². The Kier molecular flexibility index (Phi) is 4.13. The van der Waals surface area contributed by atoms with Crippen molar-refractivity contribution in [2.45, 2.75) is 38.0 Å². The third-order valence-electron chi connectivity index (χ3n) is 3.77. The number of rotatable bonds is 4. The summed E-state index contributed by atoms with van der Waals surface area (Å²) in [4.78, 5) is 4.35. The summed E-state index contributed by atoms with van der Waals surface area (Å²) in [5.41, 5.74) is 6.13. The summed E-state index contributed by atoms with van der Waals surface area (Å²) < 4.78 is 45.5. The zero-order valence-corrected chi connectivity index (χ0v) is 13.5. The van der Waals surface area contributed by atoms with E-state index in [-0.39, 0.29) is 12.5 Å². The minimum Gasteiger partial charge on any atom is -0.380 e. The van der Waals surface area contributed by atoms with Gasteiger partial charge in [-0.25, -0.2) is 0 Å². The Labute approximate surface area is 137 Å². The lowest BCUT2D eigenvalue weighted by atomic mass is 10.0. The highest BCUT2D eigenvalue weighted by atomic mass is 19.4. The highest BCUT2D eigenvalue weighted by Crippen LogP contribution is 2.32. The van der Waals surface area contributed by atoms with Gasteiger partial charge in [0.15, 0.2) is 5.69 Å². The smallest absolute Gasteiger partial charge is 0.380 e. The van der Waals surface area contributed by atoms with Crippen molar-refractivity contribution in [2.24, 2.45) is 5.73 Å². The molecular formula is C16H19F3N4O. The maximum Gasteiger partial charge on any atom is 0.435 e. The summed E-state index contributed by atoms with van der Waals surface area (Å²) in [6.45, 7) is 4.90. The van der Waals surface area contributed by atoms with Crippen molar-refractivity contribution in [1.29, 1.82) is 0 Å². The van der Waals surface area contributed by atoms with Gasteiger partial charge in [-0.15, -0.1) is 0 Å². The minimum absolute atomic E-state index is 0.163. The van der Waals surface area contributed by atoms with Gasteiger partial charge in [0.05, 0.1) is 25.5 Å². The first-order chi connectivity index (χ1) is 11.1. The monoisotopic (exact) mass is 340 g/mol. The first-order valence-corrected chi connectivity index (χ1v) is 7.61. The molecule has 0 unspecified atom stereocenters. The molecule has 1 saturated heterocycles. The lowest BCUT2D eigenvalue weighted by Gasteiger charge is -2.25. The predicted octanol–water partition coefficient (Wildman–Crippen LogP) is 2.82. The number of alkyl halides is 3. The highest BCUT2D eigenvalue weighted by molar-refractivity contribution is 5.59. The Morgan fingerprint density at radius 1 is 1.29 bits per heavy atom. The molecule has 0 amide bonds. The summed E-state index contributed by atoms with van der Waals surface area (Å²) >= 11 is 0. The first kappa shape index (κ1) is 16.9. The van der Waals surface area contributed by atoms with E-state index in [4.69, 9.17) is 10.5 Å². The van der Waals surface area contributed by atoms with Crippen LogP contribution in [0, 0.1) is 0 Å². The van der Waals surface area contributed by atoms with E-state index < -0.39 is 17.4 Å². The van der Waals surface area contributed by atoms with Crippen molar-refractivity contribution in [1.82, 2.24) is 14.8 Å². The van der Waals surface area contributed by atoms with E-state index in [1.54, 1.807) is 26.1 Å². The molecule has 8 heteroatoms. The Hall–Kier alpha value is -1.93. The summed E-state index contributed by atoms with van der Waals surface area (Å²) in [7, 11) is 0. The second-order valence-corrected chi connectivity index (χ2v) is 6.76. The summed E-state index contributed by atoms with van der Waals surface area (Å²) in [5.74, 6) is 0.262. The molecule has 0 saturated carbocycles. The normalized spacial score (nSPS) is 16.2. The van der Waals surface area contributed by atoms with Crippen LogP contribution in [-0.2, 0) is 17.5 Å². The molecular weight excluding hydrogens is 321 g/mol. The molecule has 0 aliphatic carbocycles. The van der Waals surface area contributed by atoms with E-state index in [0.717, 1.165) is 11.8 Å². The number of halogens is 3. The molecule has 24 heavy (non-hydrogen) atoms. The van der Waals surface area contributed by atoms with Crippen molar-refractivity contribution >= 4 is 0 Å². The van der Waals surface area contributed by atoms with Gasteiger partial charge in [0.1, 0.15) is 0 Å². The molecule has 0 atom stereocenters. The maximum atomic E-state index is 13.0. The highest BCUT2D eigenvalue weighted by Gasteiger charge is 2.35. The number of hydrogen-bond donors (Lipinski definition) is 1. The van der Waals surface area contributed by atoms with Crippen molar-refractivity contribution < 1.29 is 17.9 Å². The Bertz CT molecular complexity index is 712. The quantitative estimate of drug-likeness (QED) is 0.929. The maximum absolute atomic E-state index is 13.0. The molecule has 0 bridgehead atoms. The fourth-order valence-electron chi connectivity index (χ4n) is 2.50. The molecule has 0 aromatic carbocycles. The molecule has 3 rings (SSSR count). The zero-order valence-electron chi connectivity index (χ0n) is 13.5. The van der Waals surface area contributed by atoms with Gasteiger partial charge < -0.3 is 10.5 Å². The van der Waals surface area contributed by atoms with Gasteiger partial charge in [0.25, 0.3) is 0 Å². The van der Waals surface area contributed by atoms with Gasteiger partial charge in [-0.2, -0.15) is 18.3 Å². The second kappa shape index (κ2) is 5.86. The largest absolute Gasteiger partial charge is 0.435 e. The van der Waals surface area contributed by atoms with Gasteiger partial charge >= 0.3 is 6.18 Å². The Morgan fingerprint density at radius 3 is 2.46 bits per heavy atom. The second-order valence-electron chi connectivity index (χ2n) is 6.76. The van der Waals surface area contributed by atoms with Crippen molar-refractivity contribution in [3.05, 3.63) is 35.8 Å². The molecule has 1 fully saturated rings. The van der Waals surface area contributed by atoms with Crippen LogP contribution < -0.4 is 5.73 Å². The summed E-state index contributed by atoms with van der Waals surface area (Å²) in [6.07, 6.45) is -2.93. The molecule has 1 aliphatic rings. The van der Waals surface area contributed by atoms with Gasteiger partial charge in [-0.1, -0.05) is 0 Å². The number of nitrogens with two attached hydrogens (primary N) is 1. The molecule has 2 aromatic rings.